The second kappa shape index (κ2) is 3.59. The van der Waals surface area contributed by atoms with E-state index in [1.807, 2.05) is 0 Å². The van der Waals surface area contributed by atoms with Crippen molar-refractivity contribution < 1.29 is 0 Å². The molecule has 3 unspecified atom stereocenters. The molecule has 1 aromatic heterocycles. The molecule has 4 heteroatoms. The zero-order valence-electron chi connectivity index (χ0n) is 11.4. The summed E-state index contributed by atoms with van der Waals surface area (Å²) in [4.78, 5) is 8.22. The Hall–Kier alpha value is -1.32. The van der Waals surface area contributed by atoms with E-state index in [1.54, 1.807) is 12.5 Å². The van der Waals surface area contributed by atoms with Gasteiger partial charge in [-0.25, -0.2) is 9.97 Å². The van der Waals surface area contributed by atoms with Crippen molar-refractivity contribution in [2.24, 2.45) is 16.7 Å². The summed E-state index contributed by atoms with van der Waals surface area (Å²) in [7, 11) is 0. The van der Waals surface area contributed by atoms with E-state index in [4.69, 9.17) is 5.73 Å². The third-order valence-electron chi connectivity index (χ3n) is 5.29. The van der Waals surface area contributed by atoms with E-state index in [9.17, 15) is 0 Å². The fraction of sp³-hybridized carbons (Fsp3) is 0.714. The number of anilines is 2. The molecule has 0 spiro atoms. The molecule has 0 radical (unpaired) electrons. The monoisotopic (exact) mass is 246 g/mol. The number of nitrogens with one attached hydrogen (secondary N) is 1. The summed E-state index contributed by atoms with van der Waals surface area (Å²) in [5.74, 6) is 1.61. The lowest BCUT2D eigenvalue weighted by molar-refractivity contribution is 0.155. The number of hydrogen-bond donors (Lipinski definition) is 2. The van der Waals surface area contributed by atoms with Crippen LogP contribution in [0.1, 0.15) is 40.0 Å². The highest BCUT2D eigenvalue weighted by Crippen LogP contribution is 2.63. The largest absolute Gasteiger partial charge is 0.394 e. The van der Waals surface area contributed by atoms with Crippen LogP contribution in [-0.2, 0) is 0 Å². The highest BCUT2D eigenvalue weighted by Gasteiger charge is 2.59. The van der Waals surface area contributed by atoms with Crippen molar-refractivity contribution in [1.82, 2.24) is 9.97 Å². The van der Waals surface area contributed by atoms with Crippen LogP contribution in [0.15, 0.2) is 12.5 Å². The normalized spacial score (nSPS) is 36.8. The third-order valence-corrected chi connectivity index (χ3v) is 5.29. The average molecular weight is 246 g/mol. The molecule has 3 rings (SSSR count). The first-order chi connectivity index (χ1) is 8.43. The minimum absolute atomic E-state index is 0.310. The van der Waals surface area contributed by atoms with Gasteiger partial charge >= 0.3 is 0 Å². The van der Waals surface area contributed by atoms with Gasteiger partial charge in [0.2, 0.25) is 0 Å². The Morgan fingerprint density at radius 1 is 1.39 bits per heavy atom. The van der Waals surface area contributed by atoms with Crippen molar-refractivity contribution in [3.8, 4) is 0 Å². The van der Waals surface area contributed by atoms with Crippen LogP contribution in [0.25, 0.3) is 0 Å². The lowest BCUT2D eigenvalue weighted by atomic mass is 9.68. The molecule has 2 aliphatic carbocycles. The molecule has 3 atom stereocenters. The van der Waals surface area contributed by atoms with E-state index in [-0.39, 0.29) is 0 Å². The first kappa shape index (κ1) is 11.8. The SMILES string of the molecule is CC12CCC(C1)C(C)(C)C2Nc1ncncc1N. The third kappa shape index (κ3) is 1.51. The quantitative estimate of drug-likeness (QED) is 0.842. The van der Waals surface area contributed by atoms with Crippen LogP contribution in [-0.4, -0.2) is 16.0 Å². The van der Waals surface area contributed by atoms with E-state index in [1.165, 1.54) is 19.3 Å². The van der Waals surface area contributed by atoms with E-state index >= 15 is 0 Å². The van der Waals surface area contributed by atoms with E-state index in [0.29, 0.717) is 22.6 Å². The van der Waals surface area contributed by atoms with Crippen molar-refractivity contribution in [3.63, 3.8) is 0 Å². The van der Waals surface area contributed by atoms with Crippen LogP contribution in [0, 0.1) is 16.7 Å². The minimum Gasteiger partial charge on any atom is -0.394 e. The van der Waals surface area contributed by atoms with Gasteiger partial charge in [0.05, 0.1) is 11.9 Å². The second-order valence-corrected chi connectivity index (χ2v) is 6.82. The number of nitrogen functional groups attached to an aromatic ring is 1. The van der Waals surface area contributed by atoms with Crippen molar-refractivity contribution in [1.29, 1.82) is 0 Å². The van der Waals surface area contributed by atoms with Crippen molar-refractivity contribution >= 4 is 11.5 Å². The van der Waals surface area contributed by atoms with Crippen LogP contribution in [0.3, 0.4) is 0 Å². The zero-order valence-corrected chi connectivity index (χ0v) is 11.4. The molecule has 2 fully saturated rings. The number of nitrogens with two attached hydrogens (primary N) is 1. The Kier molecular flexibility index (Phi) is 2.34. The number of fused-ring (bicyclic) bond motifs is 2. The number of hydrogen-bond acceptors (Lipinski definition) is 4. The summed E-state index contributed by atoms with van der Waals surface area (Å²) in [5, 5.41) is 3.60. The molecule has 0 aromatic carbocycles. The van der Waals surface area contributed by atoms with Crippen LogP contribution < -0.4 is 11.1 Å². The summed E-state index contributed by atoms with van der Waals surface area (Å²) < 4.78 is 0. The Labute approximate surface area is 108 Å². The number of nitrogens with zero attached hydrogens (tertiary/aromatic N) is 2. The first-order valence-electron chi connectivity index (χ1n) is 6.75. The maximum Gasteiger partial charge on any atom is 0.152 e. The predicted molar refractivity (Wildman–Crippen MR) is 73.1 cm³/mol. The Morgan fingerprint density at radius 3 is 2.78 bits per heavy atom. The van der Waals surface area contributed by atoms with Gasteiger partial charge in [0.25, 0.3) is 0 Å². The second-order valence-electron chi connectivity index (χ2n) is 6.82. The summed E-state index contributed by atoms with van der Waals surface area (Å²) in [6.07, 6.45) is 7.21. The lowest BCUT2D eigenvalue weighted by Crippen LogP contribution is -2.46. The highest BCUT2D eigenvalue weighted by atomic mass is 15.1. The molecule has 0 amide bonds. The number of rotatable bonds is 2. The van der Waals surface area contributed by atoms with Crippen LogP contribution in [0.2, 0.25) is 0 Å². The molecule has 4 nitrogen and oxygen atoms in total. The molecule has 0 aliphatic heterocycles. The Morgan fingerprint density at radius 2 is 2.17 bits per heavy atom. The fourth-order valence-corrected chi connectivity index (χ4v) is 4.26. The standard InChI is InChI=1S/C14H22N4/c1-13(2)9-4-5-14(3,6-9)12(13)18-11-10(15)7-16-8-17-11/h7-9,12H,4-6,15H2,1-3H3,(H,16,17,18). The average Bonchev–Trinajstić information content (AvgIpc) is 2.78. The van der Waals surface area contributed by atoms with E-state index in [2.05, 4.69) is 36.1 Å². The van der Waals surface area contributed by atoms with Crippen LogP contribution in [0.4, 0.5) is 11.5 Å². The molecule has 1 heterocycles. The maximum atomic E-state index is 5.94. The Balaban J connectivity index is 1.91. The predicted octanol–water partition coefficient (Wildman–Crippen LogP) is 2.69. The summed E-state index contributed by atoms with van der Waals surface area (Å²) in [6, 6.07) is 0.445. The van der Waals surface area contributed by atoms with Gasteiger partial charge in [-0.05, 0) is 36.0 Å². The van der Waals surface area contributed by atoms with Gasteiger partial charge < -0.3 is 11.1 Å². The van der Waals surface area contributed by atoms with Gasteiger partial charge in [-0.15, -0.1) is 0 Å². The smallest absolute Gasteiger partial charge is 0.152 e. The van der Waals surface area contributed by atoms with Gasteiger partial charge in [-0.3, -0.25) is 0 Å². The van der Waals surface area contributed by atoms with Crippen molar-refractivity contribution in [3.05, 3.63) is 12.5 Å². The molecule has 1 aromatic rings. The molecule has 2 saturated carbocycles. The minimum atomic E-state index is 0.310. The topological polar surface area (TPSA) is 63.8 Å². The Bertz CT molecular complexity index is 466. The number of aromatic nitrogens is 2. The molecule has 98 valence electrons. The molecular formula is C14H22N4. The molecule has 2 aliphatic rings. The van der Waals surface area contributed by atoms with E-state index in [0.717, 1.165) is 11.7 Å². The molecule has 18 heavy (non-hydrogen) atoms. The molecule has 0 saturated heterocycles. The summed E-state index contributed by atoms with van der Waals surface area (Å²) in [5.41, 5.74) is 7.27. The first-order valence-corrected chi connectivity index (χ1v) is 6.75. The molecule has 3 N–H and O–H groups in total. The van der Waals surface area contributed by atoms with E-state index < -0.39 is 0 Å². The summed E-state index contributed by atoms with van der Waals surface area (Å²) in [6.45, 7) is 7.14. The van der Waals surface area contributed by atoms with Crippen molar-refractivity contribution in [2.75, 3.05) is 11.1 Å². The van der Waals surface area contributed by atoms with Crippen LogP contribution >= 0.6 is 0 Å². The molecule has 2 bridgehead atoms. The lowest BCUT2D eigenvalue weighted by Gasteiger charge is -2.43. The maximum absolute atomic E-state index is 5.94. The van der Waals surface area contributed by atoms with Gasteiger partial charge in [0.1, 0.15) is 6.33 Å². The molecular weight excluding hydrogens is 224 g/mol. The van der Waals surface area contributed by atoms with Crippen LogP contribution in [0.5, 0.6) is 0 Å². The van der Waals surface area contributed by atoms with Gasteiger partial charge in [-0.1, -0.05) is 20.8 Å². The van der Waals surface area contributed by atoms with Crippen molar-refractivity contribution in [2.45, 2.75) is 46.1 Å². The summed E-state index contributed by atoms with van der Waals surface area (Å²) >= 11 is 0. The van der Waals surface area contributed by atoms with Gasteiger partial charge in [-0.2, -0.15) is 0 Å². The zero-order chi connectivity index (χ0) is 13.0. The fourth-order valence-electron chi connectivity index (χ4n) is 4.26. The van der Waals surface area contributed by atoms with Gasteiger partial charge in [0.15, 0.2) is 5.82 Å². The van der Waals surface area contributed by atoms with Gasteiger partial charge in [0, 0.05) is 6.04 Å². The highest BCUT2D eigenvalue weighted by molar-refractivity contribution is 5.60.